The van der Waals surface area contributed by atoms with E-state index in [-0.39, 0.29) is 17.8 Å². The van der Waals surface area contributed by atoms with Gasteiger partial charge in [0.15, 0.2) is 0 Å². The fourth-order valence-electron chi connectivity index (χ4n) is 2.45. The Morgan fingerprint density at radius 2 is 2.05 bits per heavy atom. The van der Waals surface area contributed by atoms with E-state index >= 15 is 0 Å². The number of amides is 1. The standard InChI is InChI=1S/C13H14F3N3O/c14-13(15,16)10-2-1-3-11(18-10)17-8-6-12(20)19(7-8)9-4-5-9/h1-3,8-9H,4-7H2,(H,17,18). The van der Waals surface area contributed by atoms with Gasteiger partial charge in [-0.05, 0) is 25.0 Å². The number of likely N-dealkylation sites (tertiary alicyclic amines) is 1. The molecule has 0 aromatic carbocycles. The summed E-state index contributed by atoms with van der Waals surface area (Å²) in [6, 6.07) is 3.90. The van der Waals surface area contributed by atoms with Crippen molar-refractivity contribution >= 4 is 11.7 Å². The molecule has 1 saturated heterocycles. The van der Waals surface area contributed by atoms with E-state index in [0.29, 0.717) is 19.0 Å². The quantitative estimate of drug-likeness (QED) is 0.926. The lowest BCUT2D eigenvalue weighted by Crippen LogP contribution is -2.30. The topological polar surface area (TPSA) is 45.2 Å². The van der Waals surface area contributed by atoms with Crippen LogP contribution in [0.4, 0.5) is 19.0 Å². The molecule has 4 nitrogen and oxygen atoms in total. The lowest BCUT2D eigenvalue weighted by atomic mass is 10.2. The lowest BCUT2D eigenvalue weighted by molar-refractivity contribution is -0.141. The van der Waals surface area contributed by atoms with Crippen molar-refractivity contribution in [1.82, 2.24) is 9.88 Å². The first kappa shape index (κ1) is 13.2. The van der Waals surface area contributed by atoms with Gasteiger partial charge in [-0.25, -0.2) is 4.98 Å². The van der Waals surface area contributed by atoms with Gasteiger partial charge in [0.05, 0.1) is 6.04 Å². The first-order chi connectivity index (χ1) is 9.43. The van der Waals surface area contributed by atoms with Crippen LogP contribution in [0.25, 0.3) is 0 Å². The zero-order chi connectivity index (χ0) is 14.3. The van der Waals surface area contributed by atoms with Crippen molar-refractivity contribution in [3.63, 3.8) is 0 Å². The Bertz CT molecular complexity index is 528. The van der Waals surface area contributed by atoms with Crippen LogP contribution in [0, 0.1) is 0 Å². The molecule has 2 heterocycles. The predicted molar refractivity (Wildman–Crippen MR) is 66.0 cm³/mol. The van der Waals surface area contributed by atoms with Crippen LogP contribution < -0.4 is 5.32 Å². The van der Waals surface area contributed by atoms with Crippen LogP contribution in [0.1, 0.15) is 25.0 Å². The highest BCUT2D eigenvalue weighted by Gasteiger charge is 2.39. The molecule has 0 radical (unpaired) electrons. The number of halogens is 3. The molecule has 0 bridgehead atoms. The van der Waals surface area contributed by atoms with Gasteiger partial charge in [0.2, 0.25) is 5.91 Å². The van der Waals surface area contributed by atoms with Crippen LogP contribution in [0.5, 0.6) is 0 Å². The zero-order valence-electron chi connectivity index (χ0n) is 10.7. The summed E-state index contributed by atoms with van der Waals surface area (Å²) in [6.07, 6.45) is -2.09. The summed E-state index contributed by atoms with van der Waals surface area (Å²) < 4.78 is 37.7. The van der Waals surface area contributed by atoms with Gasteiger partial charge >= 0.3 is 6.18 Å². The number of carbonyl (C=O) groups is 1. The summed E-state index contributed by atoms with van der Waals surface area (Å²) in [5.74, 6) is 0.229. The molecule has 1 amide bonds. The second-order valence-electron chi connectivity index (χ2n) is 5.23. The zero-order valence-corrected chi connectivity index (χ0v) is 10.7. The Kier molecular flexibility index (Phi) is 3.07. The number of nitrogens with one attached hydrogen (secondary N) is 1. The number of rotatable bonds is 3. The Hall–Kier alpha value is -1.79. The van der Waals surface area contributed by atoms with E-state index in [0.717, 1.165) is 18.9 Å². The SMILES string of the molecule is O=C1CC(Nc2cccc(C(F)(F)F)n2)CN1C1CC1. The third-order valence-electron chi connectivity index (χ3n) is 3.54. The molecule has 1 unspecified atom stereocenters. The Morgan fingerprint density at radius 1 is 1.30 bits per heavy atom. The molecule has 1 aromatic rings. The van der Waals surface area contributed by atoms with Gasteiger partial charge in [0.25, 0.3) is 0 Å². The van der Waals surface area contributed by atoms with E-state index in [2.05, 4.69) is 10.3 Å². The van der Waals surface area contributed by atoms with E-state index in [4.69, 9.17) is 0 Å². The van der Waals surface area contributed by atoms with Crippen molar-refractivity contribution in [3.8, 4) is 0 Å². The number of alkyl halides is 3. The Morgan fingerprint density at radius 3 is 2.70 bits per heavy atom. The van der Waals surface area contributed by atoms with E-state index < -0.39 is 11.9 Å². The molecule has 7 heteroatoms. The minimum atomic E-state index is -4.46. The smallest absolute Gasteiger partial charge is 0.365 e. The van der Waals surface area contributed by atoms with E-state index in [1.165, 1.54) is 12.1 Å². The number of nitrogens with zero attached hydrogens (tertiary/aromatic N) is 2. The molecule has 2 aliphatic rings. The van der Waals surface area contributed by atoms with Crippen molar-refractivity contribution in [2.45, 2.75) is 37.5 Å². The van der Waals surface area contributed by atoms with Crippen LogP contribution in [-0.4, -0.2) is 34.4 Å². The van der Waals surface area contributed by atoms with E-state index in [9.17, 15) is 18.0 Å². The molecule has 1 atom stereocenters. The molecule has 1 saturated carbocycles. The Balaban J connectivity index is 1.68. The van der Waals surface area contributed by atoms with Crippen molar-refractivity contribution in [3.05, 3.63) is 23.9 Å². The van der Waals surface area contributed by atoms with Crippen LogP contribution in [-0.2, 0) is 11.0 Å². The third kappa shape index (κ3) is 2.71. The maximum Gasteiger partial charge on any atom is 0.433 e. The summed E-state index contributed by atoms with van der Waals surface area (Å²) >= 11 is 0. The van der Waals surface area contributed by atoms with Crippen LogP contribution in [0.2, 0.25) is 0 Å². The van der Waals surface area contributed by atoms with Gasteiger partial charge in [0.1, 0.15) is 11.5 Å². The van der Waals surface area contributed by atoms with Crippen molar-refractivity contribution in [2.24, 2.45) is 0 Å². The Labute approximate surface area is 114 Å². The van der Waals surface area contributed by atoms with Crippen molar-refractivity contribution in [1.29, 1.82) is 0 Å². The molecular weight excluding hydrogens is 271 g/mol. The van der Waals surface area contributed by atoms with Gasteiger partial charge in [-0.1, -0.05) is 6.07 Å². The van der Waals surface area contributed by atoms with E-state index in [1.807, 2.05) is 4.90 Å². The van der Waals surface area contributed by atoms with Gasteiger partial charge in [-0.2, -0.15) is 13.2 Å². The molecule has 1 N–H and O–H groups in total. The molecular formula is C13H14F3N3O. The number of carbonyl (C=O) groups excluding carboxylic acids is 1. The predicted octanol–water partition coefficient (Wildman–Crippen LogP) is 2.28. The average molecular weight is 285 g/mol. The number of anilines is 1. The molecule has 1 aromatic heterocycles. The highest BCUT2D eigenvalue weighted by Crippen LogP contribution is 2.32. The molecule has 0 spiro atoms. The molecule has 1 aliphatic carbocycles. The maximum atomic E-state index is 12.6. The highest BCUT2D eigenvalue weighted by molar-refractivity contribution is 5.80. The first-order valence-electron chi connectivity index (χ1n) is 6.54. The third-order valence-corrected chi connectivity index (χ3v) is 3.54. The summed E-state index contributed by atoms with van der Waals surface area (Å²) in [5, 5.41) is 2.92. The average Bonchev–Trinajstić information content (AvgIpc) is 3.14. The largest absolute Gasteiger partial charge is 0.433 e. The number of hydrogen-bond donors (Lipinski definition) is 1. The van der Waals surface area contributed by atoms with Gasteiger partial charge < -0.3 is 10.2 Å². The summed E-state index contributed by atoms with van der Waals surface area (Å²) in [4.78, 5) is 17.1. The van der Waals surface area contributed by atoms with Gasteiger partial charge in [-0.3, -0.25) is 4.79 Å². The maximum absolute atomic E-state index is 12.6. The lowest BCUT2D eigenvalue weighted by Gasteiger charge is -2.17. The van der Waals surface area contributed by atoms with E-state index in [1.54, 1.807) is 0 Å². The molecule has 1 aliphatic heterocycles. The molecule has 108 valence electrons. The molecule has 3 rings (SSSR count). The van der Waals surface area contributed by atoms with Gasteiger partial charge in [0, 0.05) is 19.0 Å². The second-order valence-corrected chi connectivity index (χ2v) is 5.23. The normalized spacial score (nSPS) is 23.2. The number of hydrogen-bond acceptors (Lipinski definition) is 3. The fourth-order valence-corrected chi connectivity index (χ4v) is 2.45. The monoisotopic (exact) mass is 285 g/mol. The van der Waals surface area contributed by atoms with Crippen LogP contribution >= 0.6 is 0 Å². The first-order valence-corrected chi connectivity index (χ1v) is 6.54. The highest BCUT2D eigenvalue weighted by atomic mass is 19.4. The van der Waals surface area contributed by atoms with Crippen molar-refractivity contribution < 1.29 is 18.0 Å². The van der Waals surface area contributed by atoms with Crippen molar-refractivity contribution in [2.75, 3.05) is 11.9 Å². The van der Waals surface area contributed by atoms with Gasteiger partial charge in [-0.15, -0.1) is 0 Å². The molecule has 20 heavy (non-hydrogen) atoms. The number of aromatic nitrogens is 1. The van der Waals surface area contributed by atoms with Crippen LogP contribution in [0.15, 0.2) is 18.2 Å². The summed E-state index contributed by atoms with van der Waals surface area (Å²) in [6.45, 7) is 0.543. The fraction of sp³-hybridized carbons (Fsp3) is 0.538. The van der Waals surface area contributed by atoms with Crippen LogP contribution in [0.3, 0.4) is 0 Å². The summed E-state index contributed by atoms with van der Waals surface area (Å²) in [5.41, 5.74) is -0.925. The summed E-state index contributed by atoms with van der Waals surface area (Å²) in [7, 11) is 0. The molecule has 2 fully saturated rings. The second kappa shape index (κ2) is 4.64. The number of pyridine rings is 1. The minimum Gasteiger partial charge on any atom is -0.365 e. The minimum absolute atomic E-state index is 0.0666.